The maximum atomic E-state index is 0. The van der Waals surface area contributed by atoms with Gasteiger partial charge in [0.2, 0.25) is 0 Å². The molecule has 0 rings (SSSR count). The second-order valence-electron chi connectivity index (χ2n) is 0. The second-order valence-corrected chi connectivity index (χ2v) is 0. The van der Waals surface area contributed by atoms with Gasteiger partial charge >= 0.3 is 0 Å². The predicted octanol–water partition coefficient (Wildman–Crippen LogP) is 1.85. The standard InChI is InChI=1S/3HI.2Rh/h3*1H;;. The maximum Gasteiger partial charge on any atom is 0 e. The van der Waals surface area contributed by atoms with Crippen LogP contribution < -0.4 is 0 Å². The van der Waals surface area contributed by atoms with Crippen LogP contribution in [-0.2, 0) is 39.0 Å². The van der Waals surface area contributed by atoms with Crippen molar-refractivity contribution in [3.8, 4) is 0 Å². The van der Waals surface area contributed by atoms with Gasteiger partial charge in [0.05, 0.1) is 0 Å². The van der Waals surface area contributed by atoms with E-state index in [-0.39, 0.29) is 111 Å². The number of hydrogen-bond acceptors (Lipinski definition) is 0. The Kier molecular flexibility index (Phi) is 206. The molecule has 0 aliphatic carbocycles. The smallest absolute Gasteiger partial charge is 0 e. The molecule has 0 fully saturated rings. The molecule has 0 aromatic heterocycles. The molecule has 0 amide bonds. The Balaban J connectivity index is 0. The molecule has 0 aliphatic rings. The van der Waals surface area contributed by atoms with Crippen molar-refractivity contribution in [3.63, 3.8) is 0 Å². The minimum Gasteiger partial charge on any atom is -0.107 e. The summed E-state index contributed by atoms with van der Waals surface area (Å²) in [5.41, 5.74) is 0. The summed E-state index contributed by atoms with van der Waals surface area (Å²) >= 11 is 0. The van der Waals surface area contributed by atoms with Crippen LogP contribution >= 0.6 is 71.9 Å². The summed E-state index contributed by atoms with van der Waals surface area (Å²) in [5, 5.41) is 0. The molecule has 0 aliphatic heterocycles. The van der Waals surface area contributed by atoms with E-state index in [1.165, 1.54) is 0 Å². The van der Waals surface area contributed by atoms with E-state index in [2.05, 4.69) is 0 Å². The molecular weight excluding hydrogens is 587 g/mol. The zero-order chi connectivity index (χ0) is 0. The topological polar surface area (TPSA) is 0 Å². The number of hydrogen-bond donors (Lipinski definition) is 0. The molecule has 0 spiro atoms. The summed E-state index contributed by atoms with van der Waals surface area (Å²) in [6.07, 6.45) is 0. The van der Waals surface area contributed by atoms with Crippen LogP contribution in [0.3, 0.4) is 0 Å². The fourth-order valence-electron chi connectivity index (χ4n) is 0. The fraction of sp³-hybridized carbons (Fsp3) is 0. The summed E-state index contributed by atoms with van der Waals surface area (Å²) in [6, 6.07) is 0. The Morgan fingerprint density at radius 1 is 0.400 bits per heavy atom. The predicted molar refractivity (Wildman–Crippen MR) is 46.2 cm³/mol. The van der Waals surface area contributed by atoms with E-state index in [0.29, 0.717) is 0 Å². The second kappa shape index (κ2) is 26.1. The third-order valence-electron chi connectivity index (χ3n) is 0. The van der Waals surface area contributed by atoms with E-state index in [4.69, 9.17) is 0 Å². The Labute approximate surface area is 109 Å². The molecule has 0 atom stereocenters. The van der Waals surface area contributed by atoms with Crippen LogP contribution in [0, 0.1) is 0 Å². The quantitative estimate of drug-likeness (QED) is 0.299. The summed E-state index contributed by atoms with van der Waals surface area (Å²) in [5.74, 6) is 0. The molecule has 0 saturated carbocycles. The largest absolute Gasteiger partial charge is 0.107 e. The third-order valence-corrected chi connectivity index (χ3v) is 0. The van der Waals surface area contributed by atoms with Crippen molar-refractivity contribution in [1.29, 1.82) is 0 Å². The van der Waals surface area contributed by atoms with Gasteiger partial charge in [-0.2, -0.15) is 0 Å². The molecule has 0 nitrogen and oxygen atoms in total. The molecule has 0 aromatic carbocycles. The first-order chi connectivity index (χ1) is 0. The van der Waals surface area contributed by atoms with Crippen molar-refractivity contribution < 1.29 is 39.0 Å². The molecule has 5 heavy (non-hydrogen) atoms. The van der Waals surface area contributed by atoms with E-state index in [9.17, 15) is 0 Å². The zero-order valence-electron chi connectivity index (χ0n) is 1.89. The molecule has 0 saturated heterocycles. The maximum absolute atomic E-state index is 0. The van der Waals surface area contributed by atoms with E-state index < -0.39 is 0 Å². The molecule has 42 valence electrons. The first kappa shape index (κ1) is 39.5. The summed E-state index contributed by atoms with van der Waals surface area (Å²) in [7, 11) is 0. The normalized spacial score (nSPS) is 0. The Hall–Kier alpha value is 3.44. The van der Waals surface area contributed by atoms with Crippen LogP contribution in [0.2, 0.25) is 0 Å². The fourth-order valence-corrected chi connectivity index (χ4v) is 0. The number of rotatable bonds is 0. The summed E-state index contributed by atoms with van der Waals surface area (Å²) in [4.78, 5) is 0. The van der Waals surface area contributed by atoms with Gasteiger partial charge in [-0.25, -0.2) is 0 Å². The van der Waals surface area contributed by atoms with Crippen molar-refractivity contribution in [2.45, 2.75) is 0 Å². The van der Waals surface area contributed by atoms with Crippen LogP contribution in [0.15, 0.2) is 0 Å². The van der Waals surface area contributed by atoms with E-state index in [0.717, 1.165) is 0 Å². The Bertz CT molecular complexity index is 4.85. The van der Waals surface area contributed by atoms with Gasteiger partial charge in [0.25, 0.3) is 0 Å². The molecule has 0 bridgehead atoms. The van der Waals surface area contributed by atoms with Crippen molar-refractivity contribution in [2.75, 3.05) is 0 Å². The third kappa shape index (κ3) is 18.6. The van der Waals surface area contributed by atoms with E-state index >= 15 is 0 Å². The molecule has 0 aromatic rings. The Morgan fingerprint density at radius 2 is 0.400 bits per heavy atom. The van der Waals surface area contributed by atoms with Crippen molar-refractivity contribution >= 4 is 71.9 Å². The van der Waals surface area contributed by atoms with Crippen LogP contribution in [0.5, 0.6) is 0 Å². The molecule has 0 heterocycles. The van der Waals surface area contributed by atoms with Gasteiger partial charge < -0.3 is 0 Å². The monoisotopic (exact) mass is 590 g/mol. The first-order valence-electron chi connectivity index (χ1n) is 0. The van der Waals surface area contributed by atoms with Crippen molar-refractivity contribution in [2.24, 2.45) is 0 Å². The van der Waals surface area contributed by atoms with Gasteiger partial charge in [-0.1, -0.05) is 0 Å². The van der Waals surface area contributed by atoms with Gasteiger partial charge in [0.15, 0.2) is 0 Å². The molecule has 0 unspecified atom stereocenters. The average Bonchev–Trinajstić information content (AvgIpc) is 0. The minimum absolute atomic E-state index is 0. The van der Waals surface area contributed by atoms with Gasteiger partial charge in [-0.3, -0.25) is 0 Å². The SMILES string of the molecule is I.I.I.[Rh].[Rh]. The van der Waals surface area contributed by atoms with Crippen LogP contribution in [0.1, 0.15) is 0 Å². The van der Waals surface area contributed by atoms with Crippen LogP contribution in [0.4, 0.5) is 0 Å². The minimum atomic E-state index is 0. The van der Waals surface area contributed by atoms with Crippen LogP contribution in [0.25, 0.3) is 0 Å². The molecular formula is H3I3Rh2. The zero-order valence-corrected chi connectivity index (χ0v) is 12.2. The van der Waals surface area contributed by atoms with Gasteiger partial charge in [-0.05, 0) is 0 Å². The summed E-state index contributed by atoms with van der Waals surface area (Å²) in [6.45, 7) is 0. The van der Waals surface area contributed by atoms with E-state index in [1.807, 2.05) is 0 Å². The molecule has 2 radical (unpaired) electrons. The van der Waals surface area contributed by atoms with Gasteiger partial charge in [0, 0.05) is 39.0 Å². The van der Waals surface area contributed by atoms with Crippen molar-refractivity contribution in [1.82, 2.24) is 0 Å². The average molecular weight is 590 g/mol. The van der Waals surface area contributed by atoms with Crippen molar-refractivity contribution in [3.05, 3.63) is 0 Å². The molecule has 0 N–H and O–H groups in total. The van der Waals surface area contributed by atoms with E-state index in [1.54, 1.807) is 0 Å². The molecule has 5 heteroatoms. The van der Waals surface area contributed by atoms with Gasteiger partial charge in [0.1, 0.15) is 0 Å². The van der Waals surface area contributed by atoms with Crippen LogP contribution in [-0.4, -0.2) is 0 Å². The summed E-state index contributed by atoms with van der Waals surface area (Å²) < 4.78 is 0. The first-order valence-corrected chi connectivity index (χ1v) is 0. The van der Waals surface area contributed by atoms with Gasteiger partial charge in [-0.15, -0.1) is 71.9 Å². The number of halogens is 3. The Morgan fingerprint density at radius 3 is 0.400 bits per heavy atom.